The maximum Gasteiger partial charge on any atom is 0.124 e. The fourth-order valence-electron chi connectivity index (χ4n) is 2.15. The number of benzene rings is 1. The number of halogens is 2. The van der Waals surface area contributed by atoms with Gasteiger partial charge < -0.3 is 5.32 Å². The smallest absolute Gasteiger partial charge is 0.124 e. The van der Waals surface area contributed by atoms with Crippen LogP contribution in [0.5, 0.6) is 0 Å². The second kappa shape index (κ2) is 6.95. The van der Waals surface area contributed by atoms with E-state index in [2.05, 4.69) is 39.2 Å². The average Bonchev–Trinajstić information content (AvgIpc) is 2.41. The van der Waals surface area contributed by atoms with Crippen molar-refractivity contribution in [3.8, 4) is 0 Å². The van der Waals surface area contributed by atoms with Crippen LogP contribution in [0.3, 0.4) is 0 Å². The minimum atomic E-state index is -0.232. The van der Waals surface area contributed by atoms with E-state index in [1.807, 2.05) is 25.3 Å². The molecule has 2 rings (SSSR count). The summed E-state index contributed by atoms with van der Waals surface area (Å²) in [4.78, 5) is 4.44. The molecule has 2 aromatic rings. The van der Waals surface area contributed by atoms with Crippen LogP contribution in [0, 0.1) is 12.7 Å². The van der Waals surface area contributed by atoms with Crippen LogP contribution in [0.1, 0.15) is 29.8 Å². The third-order valence-electron chi connectivity index (χ3n) is 3.17. The predicted molar refractivity (Wildman–Crippen MR) is 83.2 cm³/mol. The number of hydrogen-bond acceptors (Lipinski definition) is 2. The van der Waals surface area contributed by atoms with E-state index in [4.69, 9.17) is 0 Å². The first-order valence-electron chi connectivity index (χ1n) is 6.70. The van der Waals surface area contributed by atoms with Gasteiger partial charge in [-0.05, 0) is 42.8 Å². The number of pyridine rings is 1. The predicted octanol–water partition coefficient (Wildman–Crippen LogP) is 4.18. The largest absolute Gasteiger partial charge is 0.310 e. The number of aromatic nitrogens is 1. The molecule has 20 heavy (non-hydrogen) atoms. The van der Waals surface area contributed by atoms with Crippen LogP contribution in [-0.2, 0) is 6.42 Å². The van der Waals surface area contributed by atoms with Crippen molar-refractivity contribution in [2.75, 3.05) is 6.54 Å². The van der Waals surface area contributed by atoms with Crippen molar-refractivity contribution in [2.45, 2.75) is 26.3 Å². The lowest BCUT2D eigenvalue weighted by molar-refractivity contribution is 0.539. The molecular formula is C16H18BrFN2. The van der Waals surface area contributed by atoms with E-state index < -0.39 is 0 Å². The van der Waals surface area contributed by atoms with Gasteiger partial charge in [-0.2, -0.15) is 0 Å². The molecule has 0 aliphatic carbocycles. The minimum Gasteiger partial charge on any atom is -0.310 e. The molecule has 0 radical (unpaired) electrons. The lowest BCUT2D eigenvalue weighted by Crippen LogP contribution is -2.23. The minimum absolute atomic E-state index is 0.116. The Hall–Kier alpha value is -1.26. The fourth-order valence-corrected chi connectivity index (χ4v) is 2.78. The Balaban J connectivity index is 2.24. The van der Waals surface area contributed by atoms with Crippen molar-refractivity contribution in [1.82, 2.24) is 10.3 Å². The molecule has 0 aliphatic rings. The summed E-state index contributed by atoms with van der Waals surface area (Å²) in [5, 5.41) is 3.43. The first-order chi connectivity index (χ1) is 9.60. The normalized spacial score (nSPS) is 12.4. The van der Waals surface area contributed by atoms with Crippen molar-refractivity contribution < 1.29 is 4.39 Å². The van der Waals surface area contributed by atoms with Crippen LogP contribution >= 0.6 is 15.9 Å². The molecule has 1 aromatic heterocycles. The highest BCUT2D eigenvalue weighted by Gasteiger charge is 2.15. The maximum atomic E-state index is 13.2. The van der Waals surface area contributed by atoms with Gasteiger partial charge in [0, 0.05) is 28.8 Å². The average molecular weight is 337 g/mol. The van der Waals surface area contributed by atoms with Crippen LogP contribution in [0.2, 0.25) is 0 Å². The number of rotatable bonds is 5. The summed E-state index contributed by atoms with van der Waals surface area (Å²) in [5.74, 6) is -0.232. The van der Waals surface area contributed by atoms with E-state index in [-0.39, 0.29) is 11.9 Å². The Bertz CT molecular complexity index is 569. The maximum absolute atomic E-state index is 13.2. The Kier molecular flexibility index (Phi) is 5.26. The van der Waals surface area contributed by atoms with Crippen molar-refractivity contribution in [2.24, 2.45) is 0 Å². The zero-order chi connectivity index (χ0) is 14.5. The Labute approximate surface area is 127 Å². The van der Waals surface area contributed by atoms with E-state index in [0.717, 1.165) is 34.3 Å². The van der Waals surface area contributed by atoms with Crippen molar-refractivity contribution >= 4 is 15.9 Å². The first-order valence-corrected chi connectivity index (χ1v) is 7.49. The fraction of sp³-hybridized carbons (Fsp3) is 0.312. The number of nitrogens with one attached hydrogen (secondary N) is 1. The van der Waals surface area contributed by atoms with Crippen LogP contribution in [-0.4, -0.2) is 11.5 Å². The van der Waals surface area contributed by atoms with Crippen molar-refractivity contribution in [3.63, 3.8) is 0 Å². The molecule has 0 spiro atoms. The summed E-state index contributed by atoms with van der Waals surface area (Å²) in [6, 6.07) is 9.03. The highest BCUT2D eigenvalue weighted by molar-refractivity contribution is 9.10. The van der Waals surface area contributed by atoms with Gasteiger partial charge in [0.15, 0.2) is 0 Å². The van der Waals surface area contributed by atoms with Gasteiger partial charge in [0.05, 0.1) is 0 Å². The monoisotopic (exact) mass is 336 g/mol. The Morgan fingerprint density at radius 2 is 2.10 bits per heavy atom. The third kappa shape index (κ3) is 3.87. The topological polar surface area (TPSA) is 24.9 Å². The van der Waals surface area contributed by atoms with Crippen LogP contribution in [0.25, 0.3) is 0 Å². The number of nitrogens with zero attached hydrogens (tertiary/aromatic N) is 1. The van der Waals surface area contributed by atoms with Gasteiger partial charge in [-0.3, -0.25) is 4.98 Å². The van der Waals surface area contributed by atoms with Crippen molar-refractivity contribution in [3.05, 3.63) is 63.6 Å². The lowest BCUT2D eigenvalue weighted by Gasteiger charge is -2.19. The van der Waals surface area contributed by atoms with Gasteiger partial charge in [0.1, 0.15) is 5.82 Å². The quantitative estimate of drug-likeness (QED) is 0.885. The molecule has 1 aromatic carbocycles. The van der Waals surface area contributed by atoms with E-state index in [0.29, 0.717) is 0 Å². The second-order valence-electron chi connectivity index (χ2n) is 4.81. The molecule has 1 unspecified atom stereocenters. The summed E-state index contributed by atoms with van der Waals surface area (Å²) in [5.41, 5.74) is 3.23. The molecular weight excluding hydrogens is 319 g/mol. The number of hydrogen-bond donors (Lipinski definition) is 1. The zero-order valence-corrected chi connectivity index (χ0v) is 13.2. The molecule has 106 valence electrons. The van der Waals surface area contributed by atoms with E-state index in [9.17, 15) is 4.39 Å². The van der Waals surface area contributed by atoms with Gasteiger partial charge in [0.25, 0.3) is 0 Å². The standard InChI is InChI=1S/C16H18BrFN2/c1-3-19-16(9-13-6-4-11(2)10-20-13)14-7-5-12(18)8-15(14)17/h4-8,10,16,19H,3,9H2,1-2H3. The summed E-state index contributed by atoms with van der Waals surface area (Å²) in [7, 11) is 0. The second-order valence-corrected chi connectivity index (χ2v) is 5.66. The van der Waals surface area contributed by atoms with Crippen LogP contribution < -0.4 is 5.32 Å². The van der Waals surface area contributed by atoms with Gasteiger partial charge >= 0.3 is 0 Å². The summed E-state index contributed by atoms with van der Waals surface area (Å²) < 4.78 is 14.0. The lowest BCUT2D eigenvalue weighted by atomic mass is 10.0. The molecule has 4 heteroatoms. The summed E-state index contributed by atoms with van der Waals surface area (Å²) >= 11 is 3.44. The number of aryl methyl sites for hydroxylation is 1. The Morgan fingerprint density at radius 3 is 2.70 bits per heavy atom. The van der Waals surface area contributed by atoms with Gasteiger partial charge in [0.2, 0.25) is 0 Å². The molecule has 0 bridgehead atoms. The highest BCUT2D eigenvalue weighted by atomic mass is 79.9. The van der Waals surface area contributed by atoms with E-state index in [1.54, 1.807) is 0 Å². The summed E-state index contributed by atoms with van der Waals surface area (Å²) in [6.45, 7) is 4.93. The van der Waals surface area contributed by atoms with Crippen molar-refractivity contribution in [1.29, 1.82) is 0 Å². The Morgan fingerprint density at radius 1 is 1.30 bits per heavy atom. The van der Waals surface area contributed by atoms with E-state index >= 15 is 0 Å². The molecule has 1 N–H and O–H groups in total. The molecule has 0 amide bonds. The molecule has 2 nitrogen and oxygen atoms in total. The SMILES string of the molecule is CCNC(Cc1ccc(C)cn1)c1ccc(F)cc1Br. The molecule has 0 fully saturated rings. The molecule has 0 aliphatic heterocycles. The van der Waals surface area contributed by atoms with E-state index in [1.165, 1.54) is 12.1 Å². The summed E-state index contributed by atoms with van der Waals surface area (Å²) in [6.07, 6.45) is 2.65. The van der Waals surface area contributed by atoms with Crippen LogP contribution in [0.4, 0.5) is 4.39 Å². The van der Waals surface area contributed by atoms with Crippen LogP contribution in [0.15, 0.2) is 41.0 Å². The molecule has 1 heterocycles. The molecule has 0 saturated heterocycles. The van der Waals surface area contributed by atoms with Gasteiger partial charge in [-0.25, -0.2) is 4.39 Å². The van der Waals surface area contributed by atoms with Gasteiger partial charge in [-0.1, -0.05) is 35.0 Å². The third-order valence-corrected chi connectivity index (χ3v) is 3.86. The molecule has 0 saturated carbocycles. The molecule has 1 atom stereocenters. The highest BCUT2D eigenvalue weighted by Crippen LogP contribution is 2.26. The number of likely N-dealkylation sites (N-methyl/N-ethyl adjacent to an activating group) is 1. The first kappa shape index (κ1) is 15.1. The zero-order valence-electron chi connectivity index (χ0n) is 11.7. The van der Waals surface area contributed by atoms with Gasteiger partial charge in [-0.15, -0.1) is 0 Å².